The molecule has 0 bridgehead atoms. The summed E-state index contributed by atoms with van der Waals surface area (Å²) in [6, 6.07) is 1.98. The third kappa shape index (κ3) is 1.86. The molecule has 76 valence electrons. The summed E-state index contributed by atoms with van der Waals surface area (Å²) in [4.78, 5) is 8.02. The quantitative estimate of drug-likeness (QED) is 0.735. The molecule has 0 atom stereocenters. The molecule has 0 aromatic carbocycles. The lowest BCUT2D eigenvalue weighted by Crippen LogP contribution is -2.03. The summed E-state index contributed by atoms with van der Waals surface area (Å²) >= 11 is 0. The van der Waals surface area contributed by atoms with Crippen LogP contribution in [-0.4, -0.2) is 19.7 Å². The summed E-state index contributed by atoms with van der Waals surface area (Å²) in [5, 5.41) is 12.5. The number of nitrogens with zero attached hydrogens (tertiary/aromatic N) is 5. The summed E-state index contributed by atoms with van der Waals surface area (Å²) in [6.45, 7) is 2.35. The molecule has 2 heterocycles. The van der Waals surface area contributed by atoms with Crippen molar-refractivity contribution in [2.45, 2.75) is 19.9 Å². The lowest BCUT2D eigenvalue weighted by molar-refractivity contribution is 0.375. The van der Waals surface area contributed by atoms with Gasteiger partial charge in [0.15, 0.2) is 5.82 Å². The molecule has 0 aliphatic carbocycles. The van der Waals surface area contributed by atoms with Gasteiger partial charge in [0.2, 0.25) is 11.7 Å². The van der Waals surface area contributed by atoms with E-state index in [1.807, 2.05) is 13.0 Å². The summed E-state index contributed by atoms with van der Waals surface area (Å²) in [5.41, 5.74) is 0. The number of hydrogen-bond acceptors (Lipinski definition) is 5. The van der Waals surface area contributed by atoms with Crippen LogP contribution in [0.15, 0.2) is 16.9 Å². The molecule has 2 aromatic rings. The molecule has 0 N–H and O–H groups in total. The van der Waals surface area contributed by atoms with Gasteiger partial charge in [-0.1, -0.05) is 12.1 Å². The largest absolute Gasteiger partial charge is 0.339 e. The lowest BCUT2D eigenvalue weighted by Gasteiger charge is -1.96. The maximum atomic E-state index is 8.74. The summed E-state index contributed by atoms with van der Waals surface area (Å²) < 4.78 is 6.63. The normalized spacial score (nSPS) is 10.1. The first-order chi connectivity index (χ1) is 7.33. The third-order valence-corrected chi connectivity index (χ3v) is 1.94. The smallest absolute Gasteiger partial charge is 0.226 e. The Hall–Kier alpha value is -2.16. The van der Waals surface area contributed by atoms with Crippen LogP contribution in [0.1, 0.15) is 24.5 Å². The van der Waals surface area contributed by atoms with Gasteiger partial charge in [-0.25, -0.2) is 4.98 Å². The fourth-order valence-electron chi connectivity index (χ4n) is 1.20. The van der Waals surface area contributed by atoms with Gasteiger partial charge in [0.05, 0.1) is 6.54 Å². The molecule has 2 aromatic heterocycles. The number of hydrogen-bond donors (Lipinski definition) is 0. The van der Waals surface area contributed by atoms with Crippen molar-refractivity contribution in [3.63, 3.8) is 0 Å². The summed E-state index contributed by atoms with van der Waals surface area (Å²) in [5.74, 6) is 1.50. The van der Waals surface area contributed by atoms with Gasteiger partial charge >= 0.3 is 0 Å². The van der Waals surface area contributed by atoms with E-state index >= 15 is 0 Å². The van der Waals surface area contributed by atoms with Gasteiger partial charge in [0.1, 0.15) is 6.07 Å². The molecule has 6 heteroatoms. The second-order valence-corrected chi connectivity index (χ2v) is 2.95. The number of rotatable bonds is 3. The minimum atomic E-state index is 0.345. The van der Waals surface area contributed by atoms with Gasteiger partial charge in [-0.05, 0) is 0 Å². The first-order valence-corrected chi connectivity index (χ1v) is 4.56. The van der Waals surface area contributed by atoms with Gasteiger partial charge in [-0.3, -0.25) is 0 Å². The second kappa shape index (κ2) is 3.92. The van der Waals surface area contributed by atoms with Crippen molar-refractivity contribution < 1.29 is 4.52 Å². The number of aromatic nitrogens is 4. The zero-order valence-corrected chi connectivity index (χ0v) is 8.21. The van der Waals surface area contributed by atoms with Gasteiger partial charge in [0, 0.05) is 18.8 Å². The fraction of sp³-hybridized carbons (Fsp3) is 0.333. The molecule has 0 saturated carbocycles. The molecule has 6 nitrogen and oxygen atoms in total. The Bertz CT molecular complexity index is 493. The summed E-state index contributed by atoms with van der Waals surface area (Å²) in [6.07, 6.45) is 3.99. The number of nitriles is 1. The molecule has 0 spiro atoms. The van der Waals surface area contributed by atoms with Gasteiger partial charge in [-0.15, -0.1) is 0 Å². The first kappa shape index (κ1) is 9.40. The SMILES string of the molecule is CCc1nc(Cn2ccnc2C#N)no1. The highest BCUT2D eigenvalue weighted by Gasteiger charge is 2.07. The van der Waals surface area contributed by atoms with Crippen molar-refractivity contribution in [3.05, 3.63) is 29.9 Å². The molecule has 0 saturated heterocycles. The molecular formula is C9H9N5O. The van der Waals surface area contributed by atoms with E-state index in [9.17, 15) is 0 Å². The molecule has 0 amide bonds. The first-order valence-electron chi connectivity index (χ1n) is 4.56. The Morgan fingerprint density at radius 3 is 3.13 bits per heavy atom. The van der Waals surface area contributed by atoms with Crippen LogP contribution in [0.4, 0.5) is 0 Å². The minimum Gasteiger partial charge on any atom is -0.339 e. The Balaban J connectivity index is 2.19. The Kier molecular flexibility index (Phi) is 2.46. The van der Waals surface area contributed by atoms with Crippen molar-refractivity contribution in [3.8, 4) is 6.07 Å². The third-order valence-electron chi connectivity index (χ3n) is 1.94. The van der Waals surface area contributed by atoms with Crippen LogP contribution in [0.5, 0.6) is 0 Å². The van der Waals surface area contributed by atoms with E-state index in [2.05, 4.69) is 15.1 Å². The standard InChI is InChI=1S/C9H9N5O/c1-2-9-12-7(13-15-9)6-14-4-3-11-8(14)5-10/h3-4H,2,6H2,1H3. The van der Waals surface area contributed by atoms with Crippen LogP contribution >= 0.6 is 0 Å². The van der Waals surface area contributed by atoms with Crippen molar-refractivity contribution >= 4 is 0 Å². The van der Waals surface area contributed by atoms with Crippen molar-refractivity contribution in [1.82, 2.24) is 19.7 Å². The molecule has 2 rings (SSSR count). The molecule has 0 fully saturated rings. The highest BCUT2D eigenvalue weighted by Crippen LogP contribution is 2.03. The maximum Gasteiger partial charge on any atom is 0.226 e. The van der Waals surface area contributed by atoms with Gasteiger partial charge < -0.3 is 9.09 Å². The van der Waals surface area contributed by atoms with E-state index in [1.165, 1.54) is 0 Å². The van der Waals surface area contributed by atoms with Crippen LogP contribution in [-0.2, 0) is 13.0 Å². The predicted molar refractivity (Wildman–Crippen MR) is 49.7 cm³/mol. The Morgan fingerprint density at radius 2 is 2.47 bits per heavy atom. The highest BCUT2D eigenvalue weighted by molar-refractivity contribution is 5.12. The second-order valence-electron chi connectivity index (χ2n) is 2.95. The lowest BCUT2D eigenvalue weighted by atomic mass is 10.5. The minimum absolute atomic E-state index is 0.345. The highest BCUT2D eigenvalue weighted by atomic mass is 16.5. The van der Waals surface area contributed by atoms with Crippen molar-refractivity contribution in [2.75, 3.05) is 0 Å². The Labute approximate surface area is 86.2 Å². The van der Waals surface area contributed by atoms with Crippen LogP contribution in [0, 0.1) is 11.3 Å². The Morgan fingerprint density at radius 1 is 1.60 bits per heavy atom. The van der Waals surface area contributed by atoms with E-state index in [1.54, 1.807) is 17.0 Å². The van der Waals surface area contributed by atoms with E-state index in [0.717, 1.165) is 0 Å². The summed E-state index contributed by atoms with van der Waals surface area (Å²) in [7, 11) is 0. The van der Waals surface area contributed by atoms with Crippen LogP contribution < -0.4 is 0 Å². The molecular weight excluding hydrogens is 194 g/mol. The fourth-order valence-corrected chi connectivity index (χ4v) is 1.20. The molecule has 15 heavy (non-hydrogen) atoms. The predicted octanol–water partition coefficient (Wildman–Crippen LogP) is 0.748. The molecule has 0 aliphatic rings. The van der Waals surface area contributed by atoms with E-state index in [4.69, 9.17) is 9.78 Å². The monoisotopic (exact) mass is 203 g/mol. The van der Waals surface area contributed by atoms with Crippen molar-refractivity contribution in [1.29, 1.82) is 5.26 Å². The zero-order chi connectivity index (χ0) is 10.7. The molecule has 0 radical (unpaired) electrons. The molecule has 0 aliphatic heterocycles. The van der Waals surface area contributed by atoms with Crippen LogP contribution in [0.2, 0.25) is 0 Å². The zero-order valence-electron chi connectivity index (χ0n) is 8.21. The number of aryl methyl sites for hydroxylation is 1. The van der Waals surface area contributed by atoms with E-state index in [-0.39, 0.29) is 0 Å². The maximum absolute atomic E-state index is 8.74. The van der Waals surface area contributed by atoms with E-state index < -0.39 is 0 Å². The topological polar surface area (TPSA) is 80.5 Å². The number of imidazole rings is 1. The van der Waals surface area contributed by atoms with Gasteiger partial charge in [-0.2, -0.15) is 10.2 Å². The van der Waals surface area contributed by atoms with Crippen molar-refractivity contribution in [2.24, 2.45) is 0 Å². The van der Waals surface area contributed by atoms with E-state index in [0.29, 0.717) is 30.5 Å². The van der Waals surface area contributed by atoms with Crippen LogP contribution in [0.3, 0.4) is 0 Å². The van der Waals surface area contributed by atoms with Gasteiger partial charge in [0.25, 0.3) is 0 Å². The average molecular weight is 203 g/mol. The molecule has 0 unspecified atom stereocenters. The van der Waals surface area contributed by atoms with Crippen LogP contribution in [0.25, 0.3) is 0 Å². The average Bonchev–Trinajstić information content (AvgIpc) is 2.87.